The van der Waals surface area contributed by atoms with Crippen molar-refractivity contribution in [2.75, 3.05) is 13.7 Å². The zero-order valence-electron chi connectivity index (χ0n) is 16.5. The maximum Gasteiger partial charge on any atom is 0.264 e. The Morgan fingerprint density at radius 2 is 1.86 bits per heavy atom. The minimum atomic E-state index is -1.87. The third kappa shape index (κ3) is 1.82. The molecule has 3 N–H and O–H groups in total. The van der Waals surface area contributed by atoms with E-state index in [9.17, 15) is 29.7 Å². The first kappa shape index (κ1) is 20.1. The number of nitrogens with zero attached hydrogens (tertiary/aromatic N) is 2. The van der Waals surface area contributed by atoms with Crippen molar-refractivity contribution in [3.8, 4) is 0 Å². The summed E-state index contributed by atoms with van der Waals surface area (Å²) in [5, 5.41) is 32.8. The molecule has 2 amide bonds. The molecule has 5 saturated heterocycles. The molecule has 0 aromatic heterocycles. The number of ketones is 1. The third-order valence-electron chi connectivity index (χ3n) is 7.85. The highest BCUT2D eigenvalue weighted by Crippen LogP contribution is 2.68. The fourth-order valence-electron chi connectivity index (χ4n) is 5.76. The molecule has 0 radical (unpaired) electrons. The molecular formula is C18H24N2O7S2. The number of rotatable bonds is 1. The lowest BCUT2D eigenvalue weighted by Gasteiger charge is -2.58. The van der Waals surface area contributed by atoms with E-state index < -0.39 is 63.0 Å². The second kappa shape index (κ2) is 5.31. The summed E-state index contributed by atoms with van der Waals surface area (Å²) < 4.78 is 5.99. The molecule has 29 heavy (non-hydrogen) atoms. The van der Waals surface area contributed by atoms with E-state index >= 15 is 0 Å². The Kier molecular flexibility index (Phi) is 3.67. The fourth-order valence-corrected chi connectivity index (χ4v) is 9.41. The normalized spacial score (nSPS) is 52.7. The van der Waals surface area contributed by atoms with Crippen LogP contribution in [0.25, 0.3) is 0 Å². The number of Topliss-reactive ketones (excluding diaryl/α,β-unsaturated/α-hetero) is 1. The first-order valence-electron chi connectivity index (χ1n) is 9.58. The van der Waals surface area contributed by atoms with Gasteiger partial charge in [-0.25, -0.2) is 0 Å². The van der Waals surface area contributed by atoms with Gasteiger partial charge < -0.3 is 29.9 Å². The van der Waals surface area contributed by atoms with E-state index in [1.165, 1.54) is 16.8 Å². The van der Waals surface area contributed by atoms with Crippen LogP contribution in [0.4, 0.5) is 0 Å². The van der Waals surface area contributed by atoms with Crippen molar-refractivity contribution in [3.63, 3.8) is 0 Å². The minimum absolute atomic E-state index is 0.0888. The molecule has 9 nitrogen and oxygen atoms in total. The summed E-state index contributed by atoms with van der Waals surface area (Å²) >= 11 is 0. The van der Waals surface area contributed by atoms with Gasteiger partial charge in [-0.3, -0.25) is 14.4 Å². The lowest BCUT2D eigenvalue weighted by Crippen LogP contribution is -2.77. The lowest BCUT2D eigenvalue weighted by atomic mass is 9.76. The van der Waals surface area contributed by atoms with Crippen LogP contribution < -0.4 is 0 Å². The average molecular weight is 445 g/mol. The smallest absolute Gasteiger partial charge is 0.264 e. The van der Waals surface area contributed by atoms with Crippen LogP contribution in [-0.2, 0) is 19.1 Å². The largest absolute Gasteiger partial charge is 0.392 e. The van der Waals surface area contributed by atoms with E-state index in [-0.39, 0.29) is 18.6 Å². The molecule has 0 unspecified atom stereocenters. The zero-order chi connectivity index (χ0) is 21.4. The van der Waals surface area contributed by atoms with Gasteiger partial charge in [0.15, 0.2) is 16.3 Å². The van der Waals surface area contributed by atoms with Crippen molar-refractivity contribution in [2.45, 2.75) is 72.8 Å². The summed E-state index contributed by atoms with van der Waals surface area (Å²) in [5.74, 6) is -1.20. The number of amides is 2. The van der Waals surface area contributed by atoms with Crippen LogP contribution in [0, 0.1) is 5.41 Å². The van der Waals surface area contributed by atoms with Gasteiger partial charge in [-0.2, -0.15) is 0 Å². The van der Waals surface area contributed by atoms with Crippen LogP contribution in [0.15, 0.2) is 0 Å². The van der Waals surface area contributed by atoms with Crippen molar-refractivity contribution < 1.29 is 34.4 Å². The van der Waals surface area contributed by atoms with Gasteiger partial charge in [0.2, 0.25) is 4.87 Å². The average Bonchev–Trinajstić information content (AvgIpc) is 3.12. The second-order valence-corrected chi connectivity index (χ2v) is 12.1. The van der Waals surface area contributed by atoms with Crippen LogP contribution in [-0.4, -0.2) is 95.6 Å². The van der Waals surface area contributed by atoms with Crippen LogP contribution in [0.3, 0.4) is 0 Å². The number of likely N-dealkylation sites (N-methyl/N-ethyl adjacent to an activating group) is 1. The molecule has 2 spiro atoms. The van der Waals surface area contributed by atoms with Crippen molar-refractivity contribution in [1.29, 1.82) is 0 Å². The molecule has 2 bridgehead atoms. The molecule has 6 aliphatic rings. The van der Waals surface area contributed by atoms with Crippen LogP contribution >= 0.6 is 21.6 Å². The number of carbonyl (C=O) groups excluding carboxylic acids is 3. The van der Waals surface area contributed by atoms with Crippen molar-refractivity contribution in [3.05, 3.63) is 0 Å². The number of carbonyl (C=O) groups is 3. The molecular weight excluding hydrogens is 420 g/mol. The molecule has 1 saturated carbocycles. The summed E-state index contributed by atoms with van der Waals surface area (Å²) in [6, 6.07) is -0.966. The van der Waals surface area contributed by atoms with Gasteiger partial charge >= 0.3 is 0 Å². The van der Waals surface area contributed by atoms with E-state index in [1.54, 1.807) is 20.8 Å². The van der Waals surface area contributed by atoms with E-state index in [0.717, 1.165) is 21.6 Å². The molecule has 1 aliphatic carbocycles. The van der Waals surface area contributed by atoms with Gasteiger partial charge in [0.05, 0.1) is 24.2 Å². The van der Waals surface area contributed by atoms with Crippen LogP contribution in [0.2, 0.25) is 0 Å². The molecule has 5 heterocycles. The summed E-state index contributed by atoms with van der Waals surface area (Å²) in [7, 11) is 3.70. The predicted molar refractivity (Wildman–Crippen MR) is 103 cm³/mol. The number of aliphatic hydroxyl groups excluding tert-OH is 2. The number of piperazine rings is 1. The highest BCUT2D eigenvalue weighted by atomic mass is 33.1. The molecule has 5 aliphatic heterocycles. The summed E-state index contributed by atoms with van der Waals surface area (Å²) in [6.45, 7) is 4.65. The van der Waals surface area contributed by atoms with Crippen LogP contribution in [0.5, 0.6) is 0 Å². The Labute approximate surface area is 175 Å². The number of ether oxygens (including phenoxy) is 1. The van der Waals surface area contributed by atoms with Gasteiger partial charge in [0.25, 0.3) is 11.8 Å². The van der Waals surface area contributed by atoms with Gasteiger partial charge in [-0.05, 0) is 17.7 Å². The molecule has 0 aromatic carbocycles. The number of hydrogen-bond donors (Lipinski definition) is 3. The molecule has 6 fully saturated rings. The van der Waals surface area contributed by atoms with Crippen molar-refractivity contribution >= 4 is 39.2 Å². The summed E-state index contributed by atoms with van der Waals surface area (Å²) in [5.41, 5.74) is -4.35. The molecule has 6 rings (SSSR count). The topological polar surface area (TPSA) is 128 Å². The SMILES string of the molecule is C[C@@H]1O[C@@]2(C[C@H]3N4C(=O)[C@@]5(CO)SS[C@]4(C[C@@]3(O)[C@@H]2O)C(=O)N5C)C(=O)C1(C)C. The Balaban J connectivity index is 1.63. The van der Waals surface area contributed by atoms with E-state index in [1.807, 2.05) is 0 Å². The Bertz CT molecular complexity index is 869. The summed E-state index contributed by atoms with van der Waals surface area (Å²) in [6.07, 6.45) is -2.34. The highest BCUT2D eigenvalue weighted by Gasteiger charge is 2.83. The van der Waals surface area contributed by atoms with Crippen LogP contribution in [0.1, 0.15) is 33.6 Å². The number of hydrogen-bond acceptors (Lipinski definition) is 9. The highest BCUT2D eigenvalue weighted by molar-refractivity contribution is 8.78. The Morgan fingerprint density at radius 3 is 2.41 bits per heavy atom. The first-order valence-corrected chi connectivity index (χ1v) is 11.7. The van der Waals surface area contributed by atoms with Gasteiger partial charge in [0.1, 0.15) is 11.7 Å². The third-order valence-corrected chi connectivity index (χ3v) is 11.5. The lowest BCUT2D eigenvalue weighted by molar-refractivity contribution is -0.169. The summed E-state index contributed by atoms with van der Waals surface area (Å²) in [4.78, 5) is 39.6. The fraction of sp³-hybridized carbons (Fsp3) is 0.833. The van der Waals surface area contributed by atoms with E-state index in [0.29, 0.717) is 0 Å². The predicted octanol–water partition coefficient (Wildman–Crippen LogP) is -0.912. The molecule has 160 valence electrons. The minimum Gasteiger partial charge on any atom is -0.392 e. The maximum absolute atomic E-state index is 13.5. The zero-order valence-corrected chi connectivity index (χ0v) is 18.2. The number of fused-ring (bicyclic) bond motifs is 3. The second-order valence-electron chi connectivity index (χ2n) is 9.42. The quantitative estimate of drug-likeness (QED) is 0.440. The van der Waals surface area contributed by atoms with Crippen molar-refractivity contribution in [2.24, 2.45) is 5.41 Å². The monoisotopic (exact) mass is 444 g/mol. The van der Waals surface area contributed by atoms with Gasteiger partial charge in [-0.1, -0.05) is 24.6 Å². The molecule has 7 atom stereocenters. The maximum atomic E-state index is 13.5. The number of aliphatic hydroxyl groups is 3. The van der Waals surface area contributed by atoms with Crippen molar-refractivity contribution in [1.82, 2.24) is 9.80 Å². The van der Waals surface area contributed by atoms with E-state index in [4.69, 9.17) is 4.74 Å². The molecule has 0 aromatic rings. The van der Waals surface area contributed by atoms with Gasteiger partial charge in [-0.15, -0.1) is 0 Å². The Hall–Kier alpha value is -0.850. The van der Waals surface area contributed by atoms with E-state index in [2.05, 4.69) is 0 Å². The Morgan fingerprint density at radius 1 is 1.21 bits per heavy atom. The molecule has 11 heteroatoms. The standard InChI is InChI=1S/C18H24N2O7S2/c1-8-14(2,3)10(22)16(27-8)5-9-15(26,11(16)23)6-17-12(24)19(4)18(7-21,29-28-17)13(25)20(9)17/h8-9,11,21,23,26H,5-7H2,1-4H3/t8-,9+,11-,15-,16-,17+,18+/m0/s1. The first-order chi connectivity index (χ1) is 13.3. The van der Waals surface area contributed by atoms with Gasteiger partial charge in [0, 0.05) is 19.9 Å².